The van der Waals surface area contributed by atoms with Crippen molar-refractivity contribution in [1.29, 1.82) is 0 Å². The van der Waals surface area contributed by atoms with E-state index in [1.807, 2.05) is 0 Å². The monoisotopic (exact) mass is 274 g/mol. The van der Waals surface area contributed by atoms with Gasteiger partial charge in [-0.05, 0) is 22.9 Å². The van der Waals surface area contributed by atoms with Crippen molar-refractivity contribution in [3.05, 3.63) is 21.1 Å². The van der Waals surface area contributed by atoms with Crippen LogP contribution >= 0.6 is 27.5 Å². The Morgan fingerprint density at radius 1 is 1.31 bits per heavy atom. The fourth-order valence-electron chi connectivity index (χ4n) is 0.713. The third-order valence-corrected chi connectivity index (χ3v) is 2.44. The van der Waals surface area contributed by atoms with Crippen LogP contribution in [0.5, 0.6) is 0 Å². The molecule has 0 spiro atoms. The Balaban J connectivity index is 3.37. The summed E-state index contributed by atoms with van der Waals surface area (Å²) in [5.74, 6) is -0.0134. The maximum absolute atomic E-state index is 12.2. The maximum Gasteiger partial charge on any atom is 0.434 e. The number of nitrogens with zero attached hydrogens (tertiary/aromatic N) is 2. The molecule has 0 saturated heterocycles. The summed E-state index contributed by atoms with van der Waals surface area (Å²) in [6.07, 6.45) is -4.52. The smallest absolute Gasteiger partial charge is 0.227 e. The molecule has 7 heteroatoms. The van der Waals surface area contributed by atoms with Gasteiger partial charge in [-0.3, -0.25) is 0 Å². The van der Waals surface area contributed by atoms with Gasteiger partial charge in [0.05, 0.1) is 4.47 Å². The zero-order valence-corrected chi connectivity index (χ0v) is 8.63. The van der Waals surface area contributed by atoms with Crippen molar-refractivity contribution in [3.63, 3.8) is 0 Å². The molecule has 1 heterocycles. The van der Waals surface area contributed by atoms with E-state index >= 15 is 0 Å². The number of aromatic nitrogens is 2. The molecule has 0 N–H and O–H groups in total. The molecule has 1 aromatic rings. The Morgan fingerprint density at radius 3 is 2.31 bits per heavy atom. The molecule has 13 heavy (non-hydrogen) atoms. The third kappa shape index (κ3) is 2.31. The normalized spacial score (nSPS) is 11.8. The first-order valence-corrected chi connectivity index (χ1v) is 4.26. The van der Waals surface area contributed by atoms with Crippen LogP contribution in [0.15, 0.2) is 4.47 Å². The number of aryl methyl sites for hydroxylation is 1. The lowest BCUT2D eigenvalue weighted by molar-refractivity contribution is -0.142. The second-order valence-electron chi connectivity index (χ2n) is 2.22. The molecule has 1 rings (SSSR count). The van der Waals surface area contributed by atoms with Gasteiger partial charge in [-0.2, -0.15) is 13.2 Å². The zero-order valence-electron chi connectivity index (χ0n) is 6.28. The second kappa shape index (κ2) is 3.42. The lowest BCUT2D eigenvalue weighted by Gasteiger charge is -2.08. The van der Waals surface area contributed by atoms with E-state index in [2.05, 4.69) is 25.9 Å². The Labute approximate surface area is 85.3 Å². The quantitative estimate of drug-likeness (QED) is 0.679. The van der Waals surface area contributed by atoms with Crippen molar-refractivity contribution >= 4 is 27.5 Å². The summed E-state index contributed by atoms with van der Waals surface area (Å²) in [7, 11) is 0. The molecule has 0 amide bonds. The van der Waals surface area contributed by atoms with Gasteiger partial charge in [0.2, 0.25) is 0 Å². The molecule has 0 atom stereocenters. The summed E-state index contributed by atoms with van der Waals surface area (Å²) >= 11 is 8.10. The van der Waals surface area contributed by atoms with Crippen molar-refractivity contribution in [2.45, 2.75) is 13.1 Å². The molecule has 2 nitrogen and oxygen atoms in total. The molecule has 0 radical (unpaired) electrons. The van der Waals surface area contributed by atoms with Crippen LogP contribution in [-0.4, -0.2) is 9.97 Å². The van der Waals surface area contributed by atoms with Crippen molar-refractivity contribution < 1.29 is 13.2 Å². The van der Waals surface area contributed by atoms with E-state index < -0.39 is 11.9 Å². The lowest BCUT2D eigenvalue weighted by Crippen LogP contribution is -2.11. The van der Waals surface area contributed by atoms with Gasteiger partial charge < -0.3 is 0 Å². The first kappa shape index (κ1) is 10.7. The number of halogens is 5. The molecule has 0 aromatic carbocycles. The van der Waals surface area contributed by atoms with Gasteiger partial charge in [0, 0.05) is 0 Å². The van der Waals surface area contributed by atoms with Crippen molar-refractivity contribution in [2.24, 2.45) is 0 Å². The van der Waals surface area contributed by atoms with Crippen LogP contribution in [0.4, 0.5) is 13.2 Å². The fraction of sp³-hybridized carbons (Fsp3) is 0.333. The Kier molecular flexibility index (Phi) is 2.82. The van der Waals surface area contributed by atoms with Crippen molar-refractivity contribution in [1.82, 2.24) is 9.97 Å². The fourth-order valence-corrected chi connectivity index (χ4v) is 1.33. The predicted molar refractivity (Wildman–Crippen MR) is 44.5 cm³/mol. The summed E-state index contributed by atoms with van der Waals surface area (Å²) < 4.78 is 36.4. The van der Waals surface area contributed by atoms with Crippen LogP contribution in [-0.2, 0) is 6.18 Å². The molecule has 0 aliphatic rings. The topological polar surface area (TPSA) is 25.8 Å². The lowest BCUT2D eigenvalue weighted by atomic mass is 10.4. The van der Waals surface area contributed by atoms with E-state index in [9.17, 15) is 13.2 Å². The summed E-state index contributed by atoms with van der Waals surface area (Å²) in [5, 5.41) is -0.236. The Morgan fingerprint density at radius 2 is 1.85 bits per heavy atom. The molecule has 0 bridgehead atoms. The Hall–Kier alpha value is -0.360. The third-order valence-electron chi connectivity index (χ3n) is 1.19. The zero-order chi connectivity index (χ0) is 10.2. The minimum absolute atomic E-state index is 0.0134. The minimum Gasteiger partial charge on any atom is -0.227 e. The SMILES string of the molecule is Cc1nc(Cl)c(Br)c(C(F)(F)F)n1. The highest BCUT2D eigenvalue weighted by atomic mass is 79.9. The van der Waals surface area contributed by atoms with E-state index in [4.69, 9.17) is 11.6 Å². The van der Waals surface area contributed by atoms with Gasteiger partial charge in [-0.1, -0.05) is 11.6 Å². The largest absolute Gasteiger partial charge is 0.434 e. The van der Waals surface area contributed by atoms with E-state index in [1.165, 1.54) is 6.92 Å². The van der Waals surface area contributed by atoms with Gasteiger partial charge in [-0.15, -0.1) is 0 Å². The molecule has 0 unspecified atom stereocenters. The number of hydrogen-bond acceptors (Lipinski definition) is 2. The second-order valence-corrected chi connectivity index (χ2v) is 3.37. The average Bonchev–Trinajstić information content (AvgIpc) is 1.94. The molecule has 0 fully saturated rings. The van der Waals surface area contributed by atoms with Gasteiger partial charge in [0.15, 0.2) is 5.69 Å². The molecule has 72 valence electrons. The standard InChI is InChI=1S/C6H3BrClF3N2/c1-2-12-4(6(9,10)11)3(7)5(8)13-2/h1H3. The highest BCUT2D eigenvalue weighted by molar-refractivity contribution is 9.10. The van der Waals surface area contributed by atoms with Gasteiger partial charge in [0.1, 0.15) is 11.0 Å². The van der Waals surface area contributed by atoms with Crippen LogP contribution < -0.4 is 0 Å². The molecule has 0 aliphatic carbocycles. The van der Waals surface area contributed by atoms with Crippen molar-refractivity contribution in [2.75, 3.05) is 0 Å². The summed E-state index contributed by atoms with van der Waals surface area (Å²) in [6.45, 7) is 1.34. The molecule has 0 aliphatic heterocycles. The summed E-state index contributed by atoms with van der Waals surface area (Å²) in [4.78, 5) is 6.79. The number of hydrogen-bond donors (Lipinski definition) is 0. The average molecular weight is 275 g/mol. The highest BCUT2D eigenvalue weighted by Crippen LogP contribution is 2.35. The highest BCUT2D eigenvalue weighted by Gasteiger charge is 2.36. The first-order valence-electron chi connectivity index (χ1n) is 3.09. The van der Waals surface area contributed by atoms with E-state index in [-0.39, 0.29) is 15.5 Å². The summed E-state index contributed by atoms with van der Waals surface area (Å²) in [5.41, 5.74) is -1.05. The molecular formula is C6H3BrClF3N2. The van der Waals surface area contributed by atoms with Gasteiger partial charge in [-0.25, -0.2) is 9.97 Å². The van der Waals surface area contributed by atoms with Gasteiger partial charge >= 0.3 is 6.18 Å². The minimum atomic E-state index is -4.52. The van der Waals surface area contributed by atoms with Crippen molar-refractivity contribution in [3.8, 4) is 0 Å². The molecule has 1 aromatic heterocycles. The van der Waals surface area contributed by atoms with E-state index in [1.54, 1.807) is 0 Å². The maximum atomic E-state index is 12.2. The van der Waals surface area contributed by atoms with Gasteiger partial charge in [0.25, 0.3) is 0 Å². The van der Waals surface area contributed by atoms with Crippen LogP contribution in [0, 0.1) is 6.92 Å². The predicted octanol–water partition coefficient (Wildman–Crippen LogP) is 3.22. The first-order chi connectivity index (χ1) is 5.82. The number of rotatable bonds is 0. The van der Waals surface area contributed by atoms with E-state index in [0.29, 0.717) is 0 Å². The van der Waals surface area contributed by atoms with Crippen LogP contribution in [0.1, 0.15) is 11.5 Å². The number of alkyl halides is 3. The summed E-state index contributed by atoms with van der Waals surface area (Å²) in [6, 6.07) is 0. The van der Waals surface area contributed by atoms with E-state index in [0.717, 1.165) is 0 Å². The van der Waals surface area contributed by atoms with Crippen LogP contribution in [0.25, 0.3) is 0 Å². The molecular weight excluding hydrogens is 272 g/mol. The molecule has 0 saturated carbocycles. The van der Waals surface area contributed by atoms with Crippen LogP contribution in [0.2, 0.25) is 5.15 Å². The Bertz CT molecular complexity index is 339. The van der Waals surface area contributed by atoms with Crippen LogP contribution in [0.3, 0.4) is 0 Å².